The van der Waals surface area contributed by atoms with Crippen LogP contribution < -0.4 is 0 Å². The van der Waals surface area contributed by atoms with Crippen molar-refractivity contribution in [1.82, 2.24) is 0 Å². The molecule has 3 heteroatoms. The van der Waals surface area contributed by atoms with E-state index in [1.54, 1.807) is 6.26 Å². The second-order valence-corrected chi connectivity index (χ2v) is 2.68. The Hall–Kier alpha value is -0.540. The third-order valence-corrected chi connectivity index (χ3v) is 1.42. The summed E-state index contributed by atoms with van der Waals surface area (Å²) in [7, 11) is 0. The van der Waals surface area contributed by atoms with E-state index in [1.807, 2.05) is 6.08 Å². The van der Waals surface area contributed by atoms with Gasteiger partial charge in [0.05, 0.1) is 12.9 Å². The van der Waals surface area contributed by atoms with Crippen LogP contribution in [-0.4, -0.2) is 29.5 Å². The molecule has 0 fully saturated rings. The number of allylic oxidation sites excluding steroid dienone is 1. The van der Waals surface area contributed by atoms with Crippen LogP contribution >= 0.6 is 0 Å². The molecule has 0 saturated heterocycles. The quantitative estimate of drug-likeness (QED) is 0.448. The van der Waals surface area contributed by atoms with E-state index in [0.717, 1.165) is 12.8 Å². The summed E-state index contributed by atoms with van der Waals surface area (Å²) in [6.45, 7) is 2.05. The zero-order valence-corrected chi connectivity index (χ0v) is 7.57. The van der Waals surface area contributed by atoms with Gasteiger partial charge < -0.3 is 14.9 Å². The summed E-state index contributed by atoms with van der Waals surface area (Å²) in [5.74, 6) is 0. The predicted octanol–water partition coefficient (Wildman–Crippen LogP) is 1.06. The largest absolute Gasteiger partial charge is 0.499 e. The second-order valence-electron chi connectivity index (χ2n) is 2.68. The standard InChI is InChI=1S/C9H18O3/c1-2-3-4-5-6-12-8-9(11)7-10/h5-6,9-11H,2-4,7-8H2,1H3. The van der Waals surface area contributed by atoms with Gasteiger partial charge in [-0.25, -0.2) is 0 Å². The van der Waals surface area contributed by atoms with Crippen molar-refractivity contribution in [3.8, 4) is 0 Å². The number of hydrogen-bond acceptors (Lipinski definition) is 3. The lowest BCUT2D eigenvalue weighted by Gasteiger charge is -2.04. The van der Waals surface area contributed by atoms with Crippen LogP contribution in [0.15, 0.2) is 12.3 Å². The van der Waals surface area contributed by atoms with E-state index in [0.29, 0.717) is 0 Å². The Bertz CT molecular complexity index is 112. The zero-order chi connectivity index (χ0) is 9.23. The molecule has 0 aliphatic carbocycles. The summed E-state index contributed by atoms with van der Waals surface area (Å²) in [5, 5.41) is 17.3. The first-order chi connectivity index (χ1) is 5.81. The van der Waals surface area contributed by atoms with Crippen LogP contribution in [0.4, 0.5) is 0 Å². The fourth-order valence-corrected chi connectivity index (χ4v) is 0.677. The van der Waals surface area contributed by atoms with E-state index in [9.17, 15) is 0 Å². The van der Waals surface area contributed by atoms with Gasteiger partial charge in [-0.05, 0) is 18.9 Å². The summed E-state index contributed by atoms with van der Waals surface area (Å²) in [5.41, 5.74) is 0. The molecular formula is C9H18O3. The number of aliphatic hydroxyl groups excluding tert-OH is 2. The van der Waals surface area contributed by atoms with Crippen molar-refractivity contribution in [2.24, 2.45) is 0 Å². The van der Waals surface area contributed by atoms with Gasteiger partial charge in [0.15, 0.2) is 0 Å². The van der Waals surface area contributed by atoms with Crippen LogP contribution in [0.25, 0.3) is 0 Å². The van der Waals surface area contributed by atoms with Crippen molar-refractivity contribution in [3.63, 3.8) is 0 Å². The molecule has 0 aromatic heterocycles. The van der Waals surface area contributed by atoms with E-state index >= 15 is 0 Å². The van der Waals surface area contributed by atoms with E-state index in [4.69, 9.17) is 14.9 Å². The molecule has 0 saturated carbocycles. The van der Waals surface area contributed by atoms with Crippen LogP contribution in [0.3, 0.4) is 0 Å². The Morgan fingerprint density at radius 3 is 2.83 bits per heavy atom. The van der Waals surface area contributed by atoms with Gasteiger partial charge in [0.25, 0.3) is 0 Å². The van der Waals surface area contributed by atoms with Gasteiger partial charge in [-0.1, -0.05) is 13.3 Å². The molecule has 0 spiro atoms. The fraction of sp³-hybridized carbons (Fsp3) is 0.778. The Morgan fingerprint density at radius 2 is 2.25 bits per heavy atom. The third-order valence-electron chi connectivity index (χ3n) is 1.42. The molecule has 0 bridgehead atoms. The molecule has 1 atom stereocenters. The lowest BCUT2D eigenvalue weighted by Crippen LogP contribution is -2.17. The molecule has 0 amide bonds. The van der Waals surface area contributed by atoms with Crippen molar-refractivity contribution < 1.29 is 14.9 Å². The highest BCUT2D eigenvalue weighted by Gasteiger charge is 1.98. The molecule has 0 aliphatic rings. The number of unbranched alkanes of at least 4 members (excludes halogenated alkanes) is 2. The number of hydrogen-bond donors (Lipinski definition) is 2. The minimum Gasteiger partial charge on any atom is -0.499 e. The number of ether oxygens (including phenoxy) is 1. The van der Waals surface area contributed by atoms with Crippen molar-refractivity contribution >= 4 is 0 Å². The first-order valence-electron chi connectivity index (χ1n) is 4.36. The van der Waals surface area contributed by atoms with Gasteiger partial charge >= 0.3 is 0 Å². The average molecular weight is 174 g/mol. The van der Waals surface area contributed by atoms with Gasteiger partial charge in [0.1, 0.15) is 12.7 Å². The number of rotatable bonds is 7. The summed E-state index contributed by atoms with van der Waals surface area (Å²) < 4.78 is 4.94. The Labute approximate surface area is 73.7 Å². The highest BCUT2D eigenvalue weighted by molar-refractivity contribution is 4.73. The second kappa shape index (κ2) is 8.56. The SMILES string of the molecule is CCCCC=COCC(O)CO. The van der Waals surface area contributed by atoms with Crippen molar-refractivity contribution in [2.45, 2.75) is 32.3 Å². The van der Waals surface area contributed by atoms with Gasteiger partial charge in [-0.2, -0.15) is 0 Å². The Balaban J connectivity index is 3.12. The van der Waals surface area contributed by atoms with Crippen LogP contribution in [-0.2, 0) is 4.74 Å². The van der Waals surface area contributed by atoms with E-state index < -0.39 is 6.10 Å². The van der Waals surface area contributed by atoms with E-state index in [2.05, 4.69) is 6.92 Å². The van der Waals surface area contributed by atoms with Crippen LogP contribution in [0.2, 0.25) is 0 Å². The number of aliphatic hydroxyl groups is 2. The maximum Gasteiger partial charge on any atom is 0.115 e. The third kappa shape index (κ3) is 7.57. The highest BCUT2D eigenvalue weighted by Crippen LogP contribution is 1.95. The average Bonchev–Trinajstić information content (AvgIpc) is 2.10. The highest BCUT2D eigenvalue weighted by atomic mass is 16.5. The predicted molar refractivity (Wildman–Crippen MR) is 47.7 cm³/mol. The maximum atomic E-state index is 8.85. The fourth-order valence-electron chi connectivity index (χ4n) is 0.677. The molecule has 72 valence electrons. The monoisotopic (exact) mass is 174 g/mol. The van der Waals surface area contributed by atoms with Crippen molar-refractivity contribution in [3.05, 3.63) is 12.3 Å². The normalized spacial score (nSPS) is 13.6. The molecule has 0 aromatic rings. The topological polar surface area (TPSA) is 49.7 Å². The molecule has 0 rings (SSSR count). The van der Waals surface area contributed by atoms with Crippen molar-refractivity contribution in [2.75, 3.05) is 13.2 Å². The molecule has 0 aromatic carbocycles. The Morgan fingerprint density at radius 1 is 1.50 bits per heavy atom. The minimum absolute atomic E-state index is 0.166. The first kappa shape index (κ1) is 11.5. The minimum atomic E-state index is -0.763. The smallest absolute Gasteiger partial charge is 0.115 e. The lowest BCUT2D eigenvalue weighted by molar-refractivity contribution is 0.0383. The van der Waals surface area contributed by atoms with E-state index in [1.165, 1.54) is 6.42 Å². The van der Waals surface area contributed by atoms with Crippen molar-refractivity contribution in [1.29, 1.82) is 0 Å². The molecule has 3 nitrogen and oxygen atoms in total. The Kier molecular flexibility index (Phi) is 8.17. The summed E-state index contributed by atoms with van der Waals surface area (Å²) >= 11 is 0. The van der Waals surface area contributed by atoms with Crippen LogP contribution in [0, 0.1) is 0 Å². The summed E-state index contributed by atoms with van der Waals surface area (Å²) in [6, 6.07) is 0. The molecule has 0 radical (unpaired) electrons. The zero-order valence-electron chi connectivity index (χ0n) is 7.57. The van der Waals surface area contributed by atoms with Crippen LogP contribution in [0.5, 0.6) is 0 Å². The van der Waals surface area contributed by atoms with Gasteiger partial charge in [0.2, 0.25) is 0 Å². The molecular weight excluding hydrogens is 156 g/mol. The lowest BCUT2D eigenvalue weighted by atomic mass is 10.2. The molecule has 0 aliphatic heterocycles. The van der Waals surface area contributed by atoms with E-state index in [-0.39, 0.29) is 13.2 Å². The van der Waals surface area contributed by atoms with Gasteiger partial charge in [0, 0.05) is 0 Å². The van der Waals surface area contributed by atoms with Gasteiger partial charge in [-0.15, -0.1) is 0 Å². The molecule has 2 N–H and O–H groups in total. The van der Waals surface area contributed by atoms with Gasteiger partial charge in [-0.3, -0.25) is 0 Å². The first-order valence-corrected chi connectivity index (χ1v) is 4.36. The molecule has 0 heterocycles. The summed E-state index contributed by atoms with van der Waals surface area (Å²) in [4.78, 5) is 0. The summed E-state index contributed by atoms with van der Waals surface area (Å²) in [6.07, 6.45) is 6.07. The maximum absolute atomic E-state index is 8.85. The van der Waals surface area contributed by atoms with Crippen LogP contribution in [0.1, 0.15) is 26.2 Å². The molecule has 12 heavy (non-hydrogen) atoms. The molecule has 1 unspecified atom stereocenters.